The van der Waals surface area contributed by atoms with Gasteiger partial charge in [-0.15, -0.1) is 0 Å². The maximum atomic E-state index is 12.7. The van der Waals surface area contributed by atoms with Gasteiger partial charge >= 0.3 is 6.03 Å². The molecule has 0 aromatic carbocycles. The summed E-state index contributed by atoms with van der Waals surface area (Å²) in [4.78, 5) is 40.4. The molecule has 1 aromatic heterocycles. The molecule has 4 amide bonds. The molecule has 8 heteroatoms. The molecule has 2 saturated heterocycles. The van der Waals surface area contributed by atoms with Crippen LogP contribution in [0.4, 0.5) is 4.79 Å². The van der Waals surface area contributed by atoms with Gasteiger partial charge in [0.15, 0.2) is 5.76 Å². The zero-order chi connectivity index (χ0) is 18.0. The molecule has 2 aliphatic heterocycles. The Balaban J connectivity index is 1.81. The molecule has 3 heterocycles. The lowest BCUT2D eigenvalue weighted by Gasteiger charge is -2.32. The summed E-state index contributed by atoms with van der Waals surface area (Å²) in [6, 6.07) is 3.15. The van der Waals surface area contributed by atoms with Gasteiger partial charge in [0.2, 0.25) is 5.91 Å². The number of nitrogens with zero attached hydrogens (tertiary/aromatic N) is 2. The molecule has 0 saturated carbocycles. The largest absolute Gasteiger partial charge is 0.459 e. The molecular formula is C17H24N4O4. The summed E-state index contributed by atoms with van der Waals surface area (Å²) in [5.74, 6) is 0.0128. The molecule has 0 aliphatic carbocycles. The molecule has 0 radical (unpaired) electrons. The molecule has 1 unspecified atom stereocenters. The molecule has 2 aliphatic rings. The summed E-state index contributed by atoms with van der Waals surface area (Å²) in [6.45, 7) is 5.93. The van der Waals surface area contributed by atoms with E-state index in [2.05, 4.69) is 10.6 Å². The van der Waals surface area contributed by atoms with E-state index in [0.717, 1.165) is 0 Å². The second-order valence-electron chi connectivity index (χ2n) is 7.18. The second kappa shape index (κ2) is 6.78. The number of urea groups is 1. The Morgan fingerprint density at radius 1 is 1.28 bits per heavy atom. The van der Waals surface area contributed by atoms with E-state index in [4.69, 9.17) is 4.42 Å². The lowest BCUT2D eigenvalue weighted by Crippen LogP contribution is -2.48. The standard InChI is InChI=1S/C17H24N4O4/c1-12(2)19-16(24)21-6-5-20(15(23)13-4-3-7-25-13)10-17(11-21)8-14(22)18-9-17/h3-4,7,12H,5-6,8-11H2,1-2H3,(H,18,22)(H,19,24). The van der Waals surface area contributed by atoms with E-state index in [9.17, 15) is 14.4 Å². The average molecular weight is 348 g/mol. The lowest BCUT2D eigenvalue weighted by molar-refractivity contribution is -0.119. The highest BCUT2D eigenvalue weighted by Gasteiger charge is 2.45. The maximum Gasteiger partial charge on any atom is 0.317 e. The van der Waals surface area contributed by atoms with Crippen molar-refractivity contribution in [1.82, 2.24) is 20.4 Å². The summed E-state index contributed by atoms with van der Waals surface area (Å²) in [7, 11) is 0. The SMILES string of the molecule is CC(C)NC(=O)N1CCN(C(=O)c2ccco2)CC2(CNC(=O)C2)C1. The van der Waals surface area contributed by atoms with E-state index in [-0.39, 0.29) is 29.6 Å². The third-order valence-corrected chi connectivity index (χ3v) is 4.61. The molecular weight excluding hydrogens is 324 g/mol. The van der Waals surface area contributed by atoms with Gasteiger partial charge in [0.25, 0.3) is 5.91 Å². The highest BCUT2D eigenvalue weighted by Crippen LogP contribution is 2.31. The van der Waals surface area contributed by atoms with Crippen molar-refractivity contribution in [3.05, 3.63) is 24.2 Å². The maximum absolute atomic E-state index is 12.7. The number of amides is 4. The van der Waals surface area contributed by atoms with E-state index >= 15 is 0 Å². The van der Waals surface area contributed by atoms with Crippen molar-refractivity contribution in [2.75, 3.05) is 32.7 Å². The van der Waals surface area contributed by atoms with Gasteiger partial charge in [-0.1, -0.05) is 0 Å². The van der Waals surface area contributed by atoms with Gasteiger partial charge in [-0.25, -0.2) is 4.79 Å². The molecule has 2 fully saturated rings. The van der Waals surface area contributed by atoms with Crippen molar-refractivity contribution >= 4 is 17.8 Å². The summed E-state index contributed by atoms with van der Waals surface area (Å²) >= 11 is 0. The van der Waals surface area contributed by atoms with Gasteiger partial charge in [-0.3, -0.25) is 9.59 Å². The topological polar surface area (TPSA) is 94.9 Å². The first-order valence-electron chi connectivity index (χ1n) is 8.53. The molecule has 1 atom stereocenters. The molecule has 1 aromatic rings. The second-order valence-corrected chi connectivity index (χ2v) is 7.18. The zero-order valence-electron chi connectivity index (χ0n) is 14.6. The zero-order valence-corrected chi connectivity index (χ0v) is 14.6. The van der Waals surface area contributed by atoms with Crippen molar-refractivity contribution < 1.29 is 18.8 Å². The molecule has 8 nitrogen and oxygen atoms in total. The Morgan fingerprint density at radius 2 is 2.00 bits per heavy atom. The summed E-state index contributed by atoms with van der Waals surface area (Å²) < 4.78 is 5.22. The van der Waals surface area contributed by atoms with Crippen molar-refractivity contribution in [2.45, 2.75) is 26.3 Å². The minimum Gasteiger partial charge on any atom is -0.459 e. The van der Waals surface area contributed by atoms with Gasteiger partial charge in [0.05, 0.1) is 6.26 Å². The van der Waals surface area contributed by atoms with Crippen LogP contribution in [0.5, 0.6) is 0 Å². The van der Waals surface area contributed by atoms with Gasteiger partial charge in [0, 0.05) is 50.6 Å². The number of nitrogens with one attached hydrogen (secondary N) is 2. The molecule has 136 valence electrons. The Morgan fingerprint density at radius 3 is 2.60 bits per heavy atom. The van der Waals surface area contributed by atoms with Crippen LogP contribution < -0.4 is 10.6 Å². The van der Waals surface area contributed by atoms with E-state index in [1.807, 2.05) is 13.8 Å². The van der Waals surface area contributed by atoms with Crippen LogP contribution in [-0.2, 0) is 4.79 Å². The first-order valence-corrected chi connectivity index (χ1v) is 8.53. The minimum atomic E-state index is -0.468. The summed E-state index contributed by atoms with van der Waals surface area (Å²) in [5, 5.41) is 5.73. The fourth-order valence-electron chi connectivity index (χ4n) is 3.48. The predicted molar refractivity (Wildman–Crippen MR) is 89.9 cm³/mol. The third kappa shape index (κ3) is 3.78. The van der Waals surface area contributed by atoms with Crippen molar-refractivity contribution in [3.8, 4) is 0 Å². The summed E-state index contributed by atoms with van der Waals surface area (Å²) in [6.07, 6.45) is 1.77. The van der Waals surface area contributed by atoms with Crippen LogP contribution in [0.25, 0.3) is 0 Å². The smallest absolute Gasteiger partial charge is 0.317 e. The molecule has 25 heavy (non-hydrogen) atoms. The monoisotopic (exact) mass is 348 g/mol. The number of rotatable bonds is 2. The number of carbonyl (C=O) groups excluding carboxylic acids is 3. The van der Waals surface area contributed by atoms with E-state index in [1.54, 1.807) is 21.9 Å². The molecule has 1 spiro atoms. The number of hydrogen-bond acceptors (Lipinski definition) is 4. The van der Waals surface area contributed by atoms with Crippen LogP contribution in [0.2, 0.25) is 0 Å². The molecule has 2 N–H and O–H groups in total. The van der Waals surface area contributed by atoms with E-state index < -0.39 is 5.41 Å². The number of carbonyl (C=O) groups is 3. The van der Waals surface area contributed by atoms with Gasteiger partial charge in [-0.05, 0) is 26.0 Å². The van der Waals surface area contributed by atoms with Crippen molar-refractivity contribution in [3.63, 3.8) is 0 Å². The number of hydrogen-bond donors (Lipinski definition) is 2. The predicted octanol–water partition coefficient (Wildman–Crippen LogP) is 0.662. The van der Waals surface area contributed by atoms with Crippen LogP contribution in [0, 0.1) is 5.41 Å². The van der Waals surface area contributed by atoms with Crippen molar-refractivity contribution in [2.24, 2.45) is 5.41 Å². The van der Waals surface area contributed by atoms with Crippen LogP contribution in [0.15, 0.2) is 22.8 Å². The first-order chi connectivity index (χ1) is 11.9. The molecule has 3 rings (SSSR count). The van der Waals surface area contributed by atoms with Gasteiger partial charge in [0.1, 0.15) is 0 Å². The first kappa shape index (κ1) is 17.3. The van der Waals surface area contributed by atoms with Crippen LogP contribution in [-0.4, -0.2) is 66.4 Å². The molecule has 0 bridgehead atoms. The quantitative estimate of drug-likeness (QED) is 0.821. The van der Waals surface area contributed by atoms with Gasteiger partial charge in [-0.2, -0.15) is 0 Å². The highest BCUT2D eigenvalue weighted by atomic mass is 16.3. The van der Waals surface area contributed by atoms with Crippen LogP contribution in [0.1, 0.15) is 30.8 Å². The normalized spacial score (nSPS) is 23.7. The Kier molecular flexibility index (Phi) is 4.69. The van der Waals surface area contributed by atoms with Crippen LogP contribution >= 0.6 is 0 Å². The fraction of sp³-hybridized carbons (Fsp3) is 0.588. The lowest BCUT2D eigenvalue weighted by atomic mass is 9.86. The third-order valence-electron chi connectivity index (χ3n) is 4.61. The van der Waals surface area contributed by atoms with Gasteiger partial charge < -0.3 is 24.9 Å². The van der Waals surface area contributed by atoms with E-state index in [1.165, 1.54) is 6.26 Å². The van der Waals surface area contributed by atoms with Crippen LogP contribution in [0.3, 0.4) is 0 Å². The Hall–Kier alpha value is -2.51. The van der Waals surface area contributed by atoms with Crippen molar-refractivity contribution in [1.29, 1.82) is 0 Å². The minimum absolute atomic E-state index is 0.0240. The van der Waals surface area contributed by atoms with E-state index in [0.29, 0.717) is 39.1 Å². The highest BCUT2D eigenvalue weighted by molar-refractivity contribution is 5.91. The summed E-state index contributed by atoms with van der Waals surface area (Å²) in [5.41, 5.74) is -0.468. The Labute approximate surface area is 146 Å². The fourth-order valence-corrected chi connectivity index (χ4v) is 3.48. The average Bonchev–Trinajstić information content (AvgIpc) is 3.14. The Bertz CT molecular complexity index is 658. The number of furan rings is 1.